The molecule has 0 saturated carbocycles. The minimum absolute atomic E-state index is 0.0217. The van der Waals surface area contributed by atoms with Gasteiger partial charge in [-0.1, -0.05) is 29.8 Å². The third kappa shape index (κ3) is 3.88. The Labute approximate surface area is 174 Å². The molecule has 1 aliphatic heterocycles. The van der Waals surface area contributed by atoms with Crippen molar-refractivity contribution in [3.05, 3.63) is 75.6 Å². The van der Waals surface area contributed by atoms with Crippen LogP contribution in [0.15, 0.2) is 58.4 Å². The summed E-state index contributed by atoms with van der Waals surface area (Å²) >= 11 is 0. The van der Waals surface area contributed by atoms with E-state index in [-0.39, 0.29) is 29.0 Å². The molecule has 8 heteroatoms. The first-order valence-electron chi connectivity index (χ1n) is 9.86. The third-order valence-corrected chi connectivity index (χ3v) is 6.78. The highest BCUT2D eigenvalue weighted by atomic mass is 32.2. The number of carbonyl (C=O) groups is 1. The minimum Gasteiger partial charge on any atom is -0.351 e. The highest BCUT2D eigenvalue weighted by molar-refractivity contribution is 7.89. The Morgan fingerprint density at radius 2 is 1.87 bits per heavy atom. The second-order valence-corrected chi connectivity index (χ2v) is 9.22. The first kappa shape index (κ1) is 20.3. The Morgan fingerprint density at radius 1 is 1.10 bits per heavy atom. The van der Waals surface area contributed by atoms with Gasteiger partial charge in [-0.15, -0.1) is 0 Å². The summed E-state index contributed by atoms with van der Waals surface area (Å²) in [6.07, 6.45) is 3.49. The third-order valence-electron chi connectivity index (χ3n) is 5.30. The number of nitrogens with one attached hydrogen (secondary N) is 2. The average molecular weight is 426 g/mol. The average Bonchev–Trinajstić information content (AvgIpc) is 2.74. The fourth-order valence-electron chi connectivity index (χ4n) is 3.77. The van der Waals surface area contributed by atoms with Gasteiger partial charge in [-0.25, -0.2) is 13.1 Å². The predicted molar refractivity (Wildman–Crippen MR) is 115 cm³/mol. The fraction of sp³-hybridized carbons (Fsp3) is 0.273. The molecule has 0 radical (unpaired) electrons. The van der Waals surface area contributed by atoms with Crippen LogP contribution in [-0.2, 0) is 23.0 Å². The van der Waals surface area contributed by atoms with Crippen molar-refractivity contribution in [2.45, 2.75) is 31.2 Å². The number of carbonyl (C=O) groups excluding carboxylic acids is 1. The van der Waals surface area contributed by atoms with Crippen LogP contribution in [0.1, 0.15) is 27.9 Å². The number of hydrogen-bond donors (Lipinski definition) is 2. The molecule has 0 atom stereocenters. The van der Waals surface area contributed by atoms with Crippen molar-refractivity contribution >= 4 is 26.8 Å². The van der Waals surface area contributed by atoms with E-state index in [1.165, 1.54) is 12.1 Å². The van der Waals surface area contributed by atoms with Crippen molar-refractivity contribution < 1.29 is 13.2 Å². The van der Waals surface area contributed by atoms with Crippen molar-refractivity contribution in [2.75, 3.05) is 13.1 Å². The quantitative estimate of drug-likeness (QED) is 0.590. The summed E-state index contributed by atoms with van der Waals surface area (Å²) in [6.45, 7) is 2.73. The van der Waals surface area contributed by atoms with Gasteiger partial charge in [0.25, 0.3) is 5.91 Å². The van der Waals surface area contributed by atoms with E-state index in [0.29, 0.717) is 5.39 Å². The van der Waals surface area contributed by atoms with E-state index in [4.69, 9.17) is 0 Å². The number of sulfonamides is 1. The summed E-state index contributed by atoms with van der Waals surface area (Å²) in [5.41, 5.74) is 2.75. The van der Waals surface area contributed by atoms with Crippen LogP contribution in [0.2, 0.25) is 0 Å². The van der Waals surface area contributed by atoms with Crippen LogP contribution < -0.4 is 15.5 Å². The molecule has 156 valence electrons. The van der Waals surface area contributed by atoms with Crippen LogP contribution in [0.4, 0.5) is 0 Å². The monoisotopic (exact) mass is 425 g/mol. The number of rotatable bonds is 6. The first-order chi connectivity index (χ1) is 14.4. The zero-order chi connectivity index (χ0) is 21.3. The van der Waals surface area contributed by atoms with Gasteiger partial charge in [0.05, 0.1) is 10.4 Å². The van der Waals surface area contributed by atoms with Gasteiger partial charge in [0.2, 0.25) is 15.5 Å². The predicted octanol–water partition coefficient (Wildman–Crippen LogP) is 1.96. The van der Waals surface area contributed by atoms with Gasteiger partial charge in [0, 0.05) is 31.2 Å². The molecule has 1 aliphatic rings. The molecule has 1 aromatic heterocycles. The number of para-hydroxylation sites is 1. The molecule has 0 aliphatic carbocycles. The maximum atomic E-state index is 12.8. The van der Waals surface area contributed by atoms with Crippen LogP contribution in [0.25, 0.3) is 10.9 Å². The van der Waals surface area contributed by atoms with Crippen molar-refractivity contribution in [3.8, 4) is 0 Å². The zero-order valence-corrected chi connectivity index (χ0v) is 17.5. The molecule has 3 aromatic rings. The molecule has 1 amide bonds. The first-order valence-corrected chi connectivity index (χ1v) is 11.3. The smallest absolute Gasteiger partial charge is 0.256 e. The summed E-state index contributed by atoms with van der Waals surface area (Å²) in [7, 11) is -3.65. The zero-order valence-electron chi connectivity index (χ0n) is 16.6. The van der Waals surface area contributed by atoms with E-state index in [1.54, 1.807) is 24.4 Å². The molecule has 2 aromatic carbocycles. The van der Waals surface area contributed by atoms with Crippen molar-refractivity contribution in [1.29, 1.82) is 0 Å². The van der Waals surface area contributed by atoms with Gasteiger partial charge in [-0.05, 0) is 43.5 Å². The van der Waals surface area contributed by atoms with Crippen molar-refractivity contribution in [2.24, 2.45) is 0 Å². The highest BCUT2D eigenvalue weighted by Gasteiger charge is 2.19. The fourth-order valence-corrected chi connectivity index (χ4v) is 4.81. The van der Waals surface area contributed by atoms with Gasteiger partial charge in [-0.3, -0.25) is 9.59 Å². The number of pyridine rings is 1. The molecular weight excluding hydrogens is 402 g/mol. The maximum Gasteiger partial charge on any atom is 0.256 e. The SMILES string of the molecule is Cc1ccc(S(=O)(=O)NCCNC(=O)c2cn3c4c(cccc4c2=O)CCC3)cc1. The molecule has 2 N–H and O–H groups in total. The van der Waals surface area contributed by atoms with Gasteiger partial charge in [0.1, 0.15) is 5.56 Å². The number of benzene rings is 2. The molecule has 2 heterocycles. The van der Waals surface area contributed by atoms with Gasteiger partial charge in [-0.2, -0.15) is 0 Å². The molecule has 0 unspecified atom stereocenters. The topological polar surface area (TPSA) is 97.3 Å². The molecule has 4 rings (SSSR count). The molecule has 0 fully saturated rings. The summed E-state index contributed by atoms with van der Waals surface area (Å²) < 4.78 is 29.0. The normalized spacial score (nSPS) is 13.4. The van der Waals surface area contributed by atoms with E-state index < -0.39 is 15.9 Å². The molecule has 7 nitrogen and oxygen atoms in total. The molecule has 30 heavy (non-hydrogen) atoms. The number of aromatic nitrogens is 1. The van der Waals surface area contributed by atoms with Gasteiger partial charge in [0.15, 0.2) is 0 Å². The van der Waals surface area contributed by atoms with Gasteiger partial charge < -0.3 is 9.88 Å². The second-order valence-electron chi connectivity index (χ2n) is 7.45. The van der Waals surface area contributed by atoms with Crippen LogP contribution in [0.3, 0.4) is 0 Å². The molecule has 0 saturated heterocycles. The molecule has 0 spiro atoms. The summed E-state index contributed by atoms with van der Waals surface area (Å²) in [6, 6.07) is 12.1. The lowest BCUT2D eigenvalue weighted by Crippen LogP contribution is -2.36. The Kier molecular flexibility index (Phi) is 5.44. The largest absolute Gasteiger partial charge is 0.351 e. The van der Waals surface area contributed by atoms with Crippen LogP contribution >= 0.6 is 0 Å². The number of amides is 1. The van der Waals surface area contributed by atoms with E-state index in [0.717, 1.165) is 36.0 Å². The Hall–Kier alpha value is -2.97. The standard InChI is InChI=1S/C22H23N3O4S/c1-15-7-9-17(10-8-15)30(28,29)24-12-11-23-22(27)19-14-25-13-3-5-16-4-2-6-18(20(16)25)21(19)26/h2,4,6-10,14,24H,3,5,11-13H2,1H3,(H,23,27). The van der Waals surface area contributed by atoms with Crippen molar-refractivity contribution in [1.82, 2.24) is 14.6 Å². The maximum absolute atomic E-state index is 12.8. The van der Waals surface area contributed by atoms with Gasteiger partial charge >= 0.3 is 0 Å². The Morgan fingerprint density at radius 3 is 2.63 bits per heavy atom. The summed E-state index contributed by atoms with van der Waals surface area (Å²) in [5.74, 6) is -0.504. The number of aryl methyl sites for hydroxylation is 3. The number of hydrogen-bond acceptors (Lipinski definition) is 4. The van der Waals surface area contributed by atoms with E-state index in [1.807, 2.05) is 23.6 Å². The number of nitrogens with zero attached hydrogens (tertiary/aromatic N) is 1. The van der Waals surface area contributed by atoms with E-state index in [2.05, 4.69) is 10.0 Å². The Balaban J connectivity index is 1.45. The highest BCUT2D eigenvalue weighted by Crippen LogP contribution is 2.23. The summed E-state index contributed by atoms with van der Waals surface area (Å²) in [5, 5.41) is 3.18. The molecular formula is C22H23N3O4S. The van der Waals surface area contributed by atoms with Crippen LogP contribution in [-0.4, -0.2) is 32.0 Å². The lowest BCUT2D eigenvalue weighted by Gasteiger charge is -2.20. The summed E-state index contributed by atoms with van der Waals surface area (Å²) in [4.78, 5) is 25.6. The van der Waals surface area contributed by atoms with Crippen LogP contribution in [0.5, 0.6) is 0 Å². The second kappa shape index (κ2) is 8.04. The van der Waals surface area contributed by atoms with Crippen LogP contribution in [0, 0.1) is 6.92 Å². The van der Waals surface area contributed by atoms with E-state index in [9.17, 15) is 18.0 Å². The van der Waals surface area contributed by atoms with E-state index >= 15 is 0 Å². The molecule has 0 bridgehead atoms. The lowest BCUT2D eigenvalue weighted by atomic mass is 10.00. The van der Waals surface area contributed by atoms with Crippen molar-refractivity contribution in [3.63, 3.8) is 0 Å². The minimum atomic E-state index is -3.65. The Bertz CT molecular complexity index is 1280. The lowest BCUT2D eigenvalue weighted by molar-refractivity contribution is 0.0952.